The molecule has 13 heteroatoms. The summed E-state index contributed by atoms with van der Waals surface area (Å²) in [7, 11) is 0. The molecule has 1 aliphatic carbocycles. The number of nitriles is 1. The fraction of sp³-hybridized carbons (Fsp3) is 0.292. The summed E-state index contributed by atoms with van der Waals surface area (Å²) in [5.74, 6) is -4.82. The van der Waals surface area contributed by atoms with Gasteiger partial charge in [0.25, 0.3) is 5.91 Å². The highest BCUT2D eigenvalue weighted by atomic mass is 79.9. The average molecular weight is 592 g/mol. The molecule has 1 fully saturated rings. The molecule has 0 aliphatic heterocycles. The summed E-state index contributed by atoms with van der Waals surface area (Å²) in [4.78, 5) is 24.7. The smallest absolute Gasteiger partial charge is 0.345 e. The second kappa shape index (κ2) is 10.5. The van der Waals surface area contributed by atoms with Crippen LogP contribution < -0.4 is 10.6 Å². The Labute approximate surface area is 214 Å². The molecule has 0 radical (unpaired) electrons. The normalized spacial score (nSPS) is 15.6. The van der Waals surface area contributed by atoms with E-state index in [4.69, 9.17) is 5.26 Å². The predicted molar refractivity (Wildman–Crippen MR) is 122 cm³/mol. The highest BCUT2D eigenvalue weighted by Crippen LogP contribution is 2.38. The van der Waals surface area contributed by atoms with Gasteiger partial charge in [0.2, 0.25) is 5.91 Å². The number of nitrogens with zero attached hydrogens (tertiary/aromatic N) is 1. The molecule has 196 valence electrons. The van der Waals surface area contributed by atoms with Crippen LogP contribution in [0.3, 0.4) is 0 Å². The molecule has 0 bridgehead atoms. The summed E-state index contributed by atoms with van der Waals surface area (Å²) in [6, 6.07) is 7.97. The van der Waals surface area contributed by atoms with Crippen LogP contribution in [0.15, 0.2) is 46.9 Å². The van der Waals surface area contributed by atoms with Crippen molar-refractivity contribution in [3.05, 3.63) is 75.0 Å². The molecule has 1 unspecified atom stereocenters. The summed E-state index contributed by atoms with van der Waals surface area (Å²) in [5, 5.41) is 13.1. The summed E-state index contributed by atoms with van der Waals surface area (Å²) >= 11 is 3.14. The number of hydrogen-bond donors (Lipinski definition) is 2. The summed E-state index contributed by atoms with van der Waals surface area (Å²) < 4.78 is 91.8. The van der Waals surface area contributed by atoms with Crippen molar-refractivity contribution >= 4 is 33.8 Å². The lowest BCUT2D eigenvalue weighted by Gasteiger charge is -2.19. The first-order valence-electron chi connectivity index (χ1n) is 10.6. The third-order valence-corrected chi connectivity index (χ3v) is 6.18. The maximum Gasteiger partial charge on any atom is 0.405 e. The Bertz CT molecular complexity index is 1280. The molecular formula is C24H17BrF7N3O2. The van der Waals surface area contributed by atoms with E-state index < -0.39 is 53.5 Å². The van der Waals surface area contributed by atoms with Crippen molar-refractivity contribution in [1.82, 2.24) is 10.6 Å². The Morgan fingerprint density at radius 3 is 2.32 bits per heavy atom. The van der Waals surface area contributed by atoms with Crippen LogP contribution in [-0.2, 0) is 4.79 Å². The number of carbonyl (C=O) groups is 2. The Morgan fingerprint density at radius 1 is 1.11 bits per heavy atom. The SMILES string of the molecule is N#Cc1cc(C(C=Cc2ccc(C(=O)NC3(C(=O)NCC(F)(F)F)CC3)c(Br)c2)C(F)(F)F)ccc1F. The van der Waals surface area contributed by atoms with Crippen LogP contribution in [0.5, 0.6) is 0 Å². The van der Waals surface area contributed by atoms with Gasteiger partial charge in [-0.3, -0.25) is 9.59 Å². The molecule has 2 aromatic carbocycles. The van der Waals surface area contributed by atoms with Gasteiger partial charge in [-0.15, -0.1) is 0 Å². The van der Waals surface area contributed by atoms with E-state index in [2.05, 4.69) is 21.2 Å². The first-order valence-corrected chi connectivity index (χ1v) is 11.4. The Kier molecular flexibility index (Phi) is 8.02. The maximum atomic E-state index is 13.7. The quantitative estimate of drug-likeness (QED) is 0.402. The van der Waals surface area contributed by atoms with Gasteiger partial charge in [0.1, 0.15) is 24.0 Å². The fourth-order valence-electron chi connectivity index (χ4n) is 3.43. The molecule has 2 N–H and O–H groups in total. The van der Waals surface area contributed by atoms with Crippen LogP contribution >= 0.6 is 15.9 Å². The monoisotopic (exact) mass is 591 g/mol. The number of hydrogen-bond acceptors (Lipinski definition) is 3. The largest absolute Gasteiger partial charge is 0.405 e. The molecule has 0 spiro atoms. The van der Waals surface area contributed by atoms with Gasteiger partial charge in [-0.05, 0) is 64.2 Å². The molecule has 1 saturated carbocycles. The van der Waals surface area contributed by atoms with E-state index in [0.29, 0.717) is 0 Å². The van der Waals surface area contributed by atoms with Gasteiger partial charge in [-0.2, -0.15) is 31.6 Å². The number of nitrogens with one attached hydrogen (secondary N) is 2. The van der Waals surface area contributed by atoms with Crippen LogP contribution in [0.4, 0.5) is 30.7 Å². The molecular weight excluding hydrogens is 575 g/mol. The zero-order valence-electron chi connectivity index (χ0n) is 18.6. The second-order valence-corrected chi connectivity index (χ2v) is 9.16. The first-order chi connectivity index (χ1) is 17.1. The molecule has 5 nitrogen and oxygen atoms in total. The van der Waals surface area contributed by atoms with Crippen LogP contribution in [0.1, 0.15) is 45.8 Å². The van der Waals surface area contributed by atoms with E-state index in [-0.39, 0.29) is 34.0 Å². The number of benzene rings is 2. The van der Waals surface area contributed by atoms with E-state index in [0.717, 1.165) is 30.4 Å². The van der Waals surface area contributed by atoms with E-state index in [1.165, 1.54) is 24.3 Å². The summed E-state index contributed by atoms with van der Waals surface area (Å²) in [5.41, 5.74) is -2.06. The standard InChI is InChI=1S/C24H17BrF7N3O2/c25-18-9-13(2-5-17(24(30,31)32)14-3-6-19(26)15(10-14)11-33)1-4-16(18)20(36)35-22(7-8-22)21(37)34-12-23(27,28)29/h1-6,9-10,17H,7-8,12H2,(H,34,37)(H,35,36). The van der Waals surface area contributed by atoms with Crippen molar-refractivity contribution in [1.29, 1.82) is 5.26 Å². The molecule has 37 heavy (non-hydrogen) atoms. The van der Waals surface area contributed by atoms with Gasteiger partial charge < -0.3 is 10.6 Å². The van der Waals surface area contributed by atoms with E-state index in [1.54, 1.807) is 5.32 Å². The van der Waals surface area contributed by atoms with Crippen LogP contribution in [0.25, 0.3) is 6.08 Å². The summed E-state index contributed by atoms with van der Waals surface area (Å²) in [6.07, 6.45) is -7.11. The van der Waals surface area contributed by atoms with Gasteiger partial charge >= 0.3 is 12.4 Å². The zero-order valence-corrected chi connectivity index (χ0v) is 20.2. The lowest BCUT2D eigenvalue weighted by molar-refractivity contribution is -0.140. The highest BCUT2D eigenvalue weighted by Gasteiger charge is 2.52. The minimum atomic E-state index is -4.75. The van der Waals surface area contributed by atoms with Crippen LogP contribution in [-0.4, -0.2) is 36.3 Å². The number of alkyl halides is 6. The minimum Gasteiger partial charge on any atom is -0.345 e. The van der Waals surface area contributed by atoms with Gasteiger partial charge in [-0.25, -0.2) is 4.39 Å². The lowest BCUT2D eigenvalue weighted by Crippen LogP contribution is -2.50. The van der Waals surface area contributed by atoms with Gasteiger partial charge in [0, 0.05) is 4.47 Å². The minimum absolute atomic E-state index is 0.0108. The van der Waals surface area contributed by atoms with Crippen molar-refractivity contribution < 1.29 is 40.3 Å². The maximum absolute atomic E-state index is 13.7. The summed E-state index contributed by atoms with van der Waals surface area (Å²) in [6.45, 7) is -1.54. The first kappa shape index (κ1) is 28.2. The van der Waals surface area contributed by atoms with E-state index in [9.17, 15) is 40.3 Å². The molecule has 0 aromatic heterocycles. The number of rotatable bonds is 7. The fourth-order valence-corrected chi connectivity index (χ4v) is 4.00. The van der Waals surface area contributed by atoms with Crippen molar-refractivity contribution in [2.45, 2.75) is 36.7 Å². The third kappa shape index (κ3) is 7.09. The van der Waals surface area contributed by atoms with Gasteiger partial charge in [0.05, 0.1) is 17.0 Å². The van der Waals surface area contributed by atoms with Crippen LogP contribution in [0, 0.1) is 17.1 Å². The molecule has 0 heterocycles. The number of amides is 2. The Balaban J connectivity index is 1.76. The van der Waals surface area contributed by atoms with E-state index in [1.807, 2.05) is 0 Å². The molecule has 0 saturated heterocycles. The lowest BCUT2D eigenvalue weighted by atomic mass is 9.95. The van der Waals surface area contributed by atoms with Gasteiger partial charge in [-0.1, -0.05) is 24.3 Å². The highest BCUT2D eigenvalue weighted by molar-refractivity contribution is 9.10. The molecule has 3 rings (SSSR count). The predicted octanol–water partition coefficient (Wildman–Crippen LogP) is 5.76. The van der Waals surface area contributed by atoms with Gasteiger partial charge in [0.15, 0.2) is 0 Å². The number of halogens is 8. The molecule has 1 atom stereocenters. The van der Waals surface area contributed by atoms with Crippen molar-refractivity contribution in [3.8, 4) is 6.07 Å². The van der Waals surface area contributed by atoms with Crippen LogP contribution in [0.2, 0.25) is 0 Å². The zero-order chi connectivity index (χ0) is 27.6. The average Bonchev–Trinajstić information content (AvgIpc) is 3.57. The Hall–Kier alpha value is -3.40. The molecule has 2 aromatic rings. The third-order valence-electron chi connectivity index (χ3n) is 5.53. The second-order valence-electron chi connectivity index (χ2n) is 8.30. The Morgan fingerprint density at radius 2 is 1.78 bits per heavy atom. The van der Waals surface area contributed by atoms with E-state index >= 15 is 0 Å². The van der Waals surface area contributed by atoms with Crippen molar-refractivity contribution in [2.24, 2.45) is 0 Å². The molecule has 1 aliphatic rings. The van der Waals surface area contributed by atoms with Crippen molar-refractivity contribution in [2.75, 3.05) is 6.54 Å². The topological polar surface area (TPSA) is 82.0 Å². The molecule has 2 amide bonds. The number of carbonyl (C=O) groups excluding carboxylic acids is 2. The van der Waals surface area contributed by atoms with Crippen molar-refractivity contribution in [3.63, 3.8) is 0 Å². The number of allylic oxidation sites excluding steroid dienone is 1.